The van der Waals surface area contributed by atoms with Crippen LogP contribution in [0.1, 0.15) is 44.7 Å². The fourth-order valence-electron chi connectivity index (χ4n) is 3.72. The van der Waals surface area contributed by atoms with E-state index in [9.17, 15) is 22.4 Å². The summed E-state index contributed by atoms with van der Waals surface area (Å²) in [6.45, 7) is 6.97. The highest BCUT2D eigenvalue weighted by Gasteiger charge is 2.34. The summed E-state index contributed by atoms with van der Waals surface area (Å²) in [5, 5.41) is 2.92. The molecule has 10 heteroatoms. The quantitative estimate of drug-likeness (QED) is 0.464. The van der Waals surface area contributed by atoms with Crippen molar-refractivity contribution in [2.45, 2.75) is 59.2 Å². The second-order valence-electron chi connectivity index (χ2n) is 9.00. The minimum atomic E-state index is -4.22. The Bertz CT molecular complexity index is 1160. The van der Waals surface area contributed by atoms with Crippen molar-refractivity contribution in [3.63, 3.8) is 0 Å². The van der Waals surface area contributed by atoms with Crippen molar-refractivity contribution >= 4 is 27.7 Å². The van der Waals surface area contributed by atoms with Crippen LogP contribution in [0.3, 0.4) is 0 Å². The van der Waals surface area contributed by atoms with Crippen molar-refractivity contribution < 1.29 is 22.4 Å². The maximum atomic E-state index is 14.7. The first kappa shape index (κ1) is 29.3. The molecular weight excluding hydrogens is 483 g/mol. The fourth-order valence-corrected chi connectivity index (χ4v) is 4.79. The van der Waals surface area contributed by atoms with E-state index < -0.39 is 34.5 Å². The van der Waals surface area contributed by atoms with Crippen LogP contribution in [0.25, 0.3) is 0 Å². The van der Waals surface area contributed by atoms with Crippen LogP contribution in [-0.2, 0) is 26.3 Å². The Hall–Kier alpha value is -2.98. The van der Waals surface area contributed by atoms with Gasteiger partial charge in [0, 0.05) is 26.7 Å². The summed E-state index contributed by atoms with van der Waals surface area (Å²) in [6.07, 6.45) is 1.04. The Kier molecular flexibility index (Phi) is 10.4. The normalized spacial score (nSPS) is 13.2. The molecule has 0 unspecified atom stereocenters. The van der Waals surface area contributed by atoms with Gasteiger partial charge < -0.3 is 10.2 Å². The number of nitrogens with one attached hydrogen (secondary N) is 1. The number of rotatable bonds is 12. The SMILES string of the molecule is CC[C@@H](C)NC(=O)[C@H](CC)N(Cc1cccc(C)c1)C(=O)CN(c1ccccc1F)S(=O)(=O)N(C)C. The molecule has 0 spiro atoms. The third-order valence-corrected chi connectivity index (χ3v) is 7.77. The molecule has 8 nitrogen and oxygen atoms in total. The molecule has 2 atom stereocenters. The summed E-state index contributed by atoms with van der Waals surface area (Å²) >= 11 is 0. The minimum absolute atomic E-state index is 0.0912. The Balaban J connectivity index is 2.52. The zero-order valence-electron chi connectivity index (χ0n) is 21.9. The third kappa shape index (κ3) is 7.27. The van der Waals surface area contributed by atoms with Crippen LogP contribution in [0.15, 0.2) is 48.5 Å². The van der Waals surface area contributed by atoms with E-state index in [4.69, 9.17) is 0 Å². The number of hydrogen-bond donors (Lipinski definition) is 1. The highest BCUT2D eigenvalue weighted by atomic mass is 32.2. The average Bonchev–Trinajstić information content (AvgIpc) is 2.82. The van der Waals surface area contributed by atoms with Crippen molar-refractivity contribution in [2.24, 2.45) is 0 Å². The highest BCUT2D eigenvalue weighted by molar-refractivity contribution is 7.90. The van der Waals surface area contributed by atoms with Crippen LogP contribution in [0.2, 0.25) is 0 Å². The van der Waals surface area contributed by atoms with Gasteiger partial charge in [0.2, 0.25) is 11.8 Å². The molecule has 198 valence electrons. The smallest absolute Gasteiger partial charge is 0.304 e. The number of amides is 2. The first-order valence-electron chi connectivity index (χ1n) is 12.0. The van der Waals surface area contributed by atoms with Gasteiger partial charge in [0.25, 0.3) is 0 Å². The number of halogens is 1. The molecule has 0 heterocycles. The fraction of sp³-hybridized carbons (Fsp3) is 0.462. The lowest BCUT2D eigenvalue weighted by Gasteiger charge is -2.34. The Morgan fingerprint density at radius 3 is 2.25 bits per heavy atom. The van der Waals surface area contributed by atoms with Crippen LogP contribution in [0.5, 0.6) is 0 Å². The molecule has 0 aromatic heterocycles. The molecule has 36 heavy (non-hydrogen) atoms. The minimum Gasteiger partial charge on any atom is -0.352 e. The summed E-state index contributed by atoms with van der Waals surface area (Å²) in [5.74, 6) is -1.71. The number of para-hydroxylation sites is 1. The van der Waals surface area contributed by atoms with Crippen LogP contribution >= 0.6 is 0 Å². The van der Waals surface area contributed by atoms with Gasteiger partial charge in [0.1, 0.15) is 18.4 Å². The molecular formula is C26H37FN4O4S. The Labute approximate surface area is 214 Å². The lowest BCUT2D eigenvalue weighted by Crippen LogP contribution is -2.54. The van der Waals surface area contributed by atoms with Gasteiger partial charge in [-0.15, -0.1) is 0 Å². The second-order valence-corrected chi connectivity index (χ2v) is 11.1. The maximum absolute atomic E-state index is 14.7. The molecule has 0 aliphatic heterocycles. The van der Waals surface area contributed by atoms with Crippen LogP contribution in [0, 0.1) is 12.7 Å². The lowest BCUT2D eigenvalue weighted by atomic mass is 10.1. The number of benzene rings is 2. The van der Waals surface area contributed by atoms with Gasteiger partial charge in [-0.2, -0.15) is 12.7 Å². The standard InChI is InChI=1S/C26H37FN4O4S/c1-7-20(4)28-26(33)23(8-2)30(17-21-13-11-12-19(3)16-21)25(32)18-31(36(34,35)29(5)6)24-15-10-9-14-22(24)27/h9-16,20,23H,7-8,17-18H2,1-6H3,(H,28,33)/t20-,23+/m1/s1. The first-order chi connectivity index (χ1) is 16.9. The zero-order valence-corrected chi connectivity index (χ0v) is 22.7. The number of carbonyl (C=O) groups is 2. The average molecular weight is 521 g/mol. The first-order valence-corrected chi connectivity index (χ1v) is 13.4. The number of carbonyl (C=O) groups excluding carboxylic acids is 2. The molecule has 2 rings (SSSR count). The van der Waals surface area contributed by atoms with E-state index in [2.05, 4.69) is 5.32 Å². The summed E-state index contributed by atoms with van der Waals surface area (Å²) in [7, 11) is -1.60. The molecule has 2 aromatic carbocycles. The van der Waals surface area contributed by atoms with Gasteiger partial charge in [-0.3, -0.25) is 9.59 Å². The third-order valence-electron chi connectivity index (χ3n) is 5.96. The van der Waals surface area contributed by atoms with Gasteiger partial charge >= 0.3 is 10.2 Å². The predicted octanol–water partition coefficient (Wildman–Crippen LogP) is 3.47. The van der Waals surface area contributed by atoms with E-state index >= 15 is 0 Å². The molecule has 0 aliphatic carbocycles. The van der Waals surface area contributed by atoms with E-state index in [1.54, 1.807) is 6.92 Å². The summed E-state index contributed by atoms with van der Waals surface area (Å²) in [5.41, 5.74) is 1.54. The van der Waals surface area contributed by atoms with Crippen molar-refractivity contribution in [3.05, 3.63) is 65.5 Å². The molecule has 0 bridgehead atoms. The number of nitrogens with zero attached hydrogens (tertiary/aromatic N) is 3. The van der Waals surface area contributed by atoms with Crippen molar-refractivity contribution in [2.75, 3.05) is 24.9 Å². The molecule has 0 saturated carbocycles. The monoisotopic (exact) mass is 520 g/mol. The van der Waals surface area contributed by atoms with Crippen LogP contribution in [-0.4, -0.2) is 62.2 Å². The molecule has 2 aromatic rings. The van der Waals surface area contributed by atoms with E-state index in [0.717, 1.165) is 32.2 Å². The summed E-state index contributed by atoms with van der Waals surface area (Å²) in [4.78, 5) is 28.3. The zero-order chi connectivity index (χ0) is 27.0. The number of anilines is 1. The van der Waals surface area contributed by atoms with Gasteiger partial charge in [-0.1, -0.05) is 55.8 Å². The van der Waals surface area contributed by atoms with Crippen molar-refractivity contribution in [1.29, 1.82) is 0 Å². The molecule has 2 amide bonds. The van der Waals surface area contributed by atoms with E-state index in [0.29, 0.717) is 6.42 Å². The molecule has 0 saturated heterocycles. The Morgan fingerprint density at radius 2 is 1.69 bits per heavy atom. The van der Waals surface area contributed by atoms with E-state index in [1.807, 2.05) is 45.0 Å². The highest BCUT2D eigenvalue weighted by Crippen LogP contribution is 2.24. The molecule has 0 fully saturated rings. The topological polar surface area (TPSA) is 90.0 Å². The number of hydrogen-bond acceptors (Lipinski definition) is 4. The Morgan fingerprint density at radius 1 is 1.03 bits per heavy atom. The predicted molar refractivity (Wildman–Crippen MR) is 140 cm³/mol. The summed E-state index contributed by atoms with van der Waals surface area (Å²) in [6, 6.07) is 12.0. The maximum Gasteiger partial charge on any atom is 0.304 e. The van der Waals surface area contributed by atoms with Crippen LogP contribution < -0.4 is 9.62 Å². The van der Waals surface area contributed by atoms with Gasteiger partial charge in [0.05, 0.1) is 5.69 Å². The van der Waals surface area contributed by atoms with Crippen LogP contribution in [0.4, 0.5) is 10.1 Å². The van der Waals surface area contributed by atoms with Gasteiger partial charge in [0.15, 0.2) is 0 Å². The number of aryl methyl sites for hydroxylation is 1. The van der Waals surface area contributed by atoms with E-state index in [1.165, 1.54) is 37.2 Å². The lowest BCUT2D eigenvalue weighted by molar-refractivity contribution is -0.140. The molecule has 1 N–H and O–H groups in total. The molecule has 0 radical (unpaired) electrons. The second kappa shape index (κ2) is 12.8. The van der Waals surface area contributed by atoms with Gasteiger partial charge in [-0.25, -0.2) is 8.70 Å². The van der Waals surface area contributed by atoms with Gasteiger partial charge in [-0.05, 0) is 44.4 Å². The largest absolute Gasteiger partial charge is 0.352 e. The van der Waals surface area contributed by atoms with Crippen molar-refractivity contribution in [1.82, 2.24) is 14.5 Å². The summed E-state index contributed by atoms with van der Waals surface area (Å²) < 4.78 is 42.6. The molecule has 0 aliphatic rings. The van der Waals surface area contributed by atoms with Crippen molar-refractivity contribution in [3.8, 4) is 0 Å². The van der Waals surface area contributed by atoms with E-state index in [-0.39, 0.29) is 24.2 Å².